The number of aryl methyl sites for hydroxylation is 1. The highest BCUT2D eigenvalue weighted by atomic mass is 35.5. The van der Waals surface area contributed by atoms with E-state index in [1.165, 1.54) is 0 Å². The molecule has 0 aliphatic carbocycles. The van der Waals surface area contributed by atoms with Crippen molar-refractivity contribution in [1.82, 2.24) is 10.3 Å². The average Bonchev–Trinajstić information content (AvgIpc) is 2.37. The lowest BCUT2D eigenvalue weighted by Gasteiger charge is -2.20. The summed E-state index contributed by atoms with van der Waals surface area (Å²) in [6.07, 6.45) is 3.63. The Morgan fingerprint density at radius 1 is 1.17 bits per heavy atom. The molecule has 0 saturated carbocycles. The summed E-state index contributed by atoms with van der Waals surface area (Å²) in [6.45, 7) is 2.03. The molecule has 0 saturated heterocycles. The second-order valence-electron chi connectivity index (χ2n) is 4.10. The second-order valence-corrected chi connectivity index (χ2v) is 4.88. The Kier molecular flexibility index (Phi) is 4.23. The van der Waals surface area contributed by atoms with Crippen LogP contribution in [0.15, 0.2) is 36.7 Å². The van der Waals surface area contributed by atoms with Gasteiger partial charge in [-0.2, -0.15) is 0 Å². The SMILES string of the molecule is CNC(c1ccncc1C)c1cccc(Cl)c1Cl. The van der Waals surface area contributed by atoms with E-state index in [0.29, 0.717) is 10.0 Å². The van der Waals surface area contributed by atoms with Gasteiger partial charge in [-0.05, 0) is 42.8 Å². The van der Waals surface area contributed by atoms with Crippen molar-refractivity contribution in [2.24, 2.45) is 0 Å². The predicted octanol–water partition coefficient (Wildman–Crippen LogP) is 4.01. The summed E-state index contributed by atoms with van der Waals surface area (Å²) in [6, 6.07) is 7.69. The Bertz CT molecular complexity index is 555. The molecule has 0 spiro atoms. The van der Waals surface area contributed by atoms with Gasteiger partial charge in [0.05, 0.1) is 16.1 Å². The molecule has 0 radical (unpaired) electrons. The van der Waals surface area contributed by atoms with Gasteiger partial charge in [-0.15, -0.1) is 0 Å². The van der Waals surface area contributed by atoms with Crippen LogP contribution in [0.4, 0.5) is 0 Å². The lowest BCUT2D eigenvalue weighted by molar-refractivity contribution is 0.686. The Morgan fingerprint density at radius 3 is 2.61 bits per heavy atom. The number of hydrogen-bond donors (Lipinski definition) is 1. The Balaban J connectivity index is 2.53. The summed E-state index contributed by atoms with van der Waals surface area (Å²) in [5, 5.41) is 4.44. The van der Waals surface area contributed by atoms with Crippen LogP contribution >= 0.6 is 23.2 Å². The quantitative estimate of drug-likeness (QED) is 0.919. The molecule has 1 aromatic heterocycles. The van der Waals surface area contributed by atoms with Gasteiger partial charge in [-0.25, -0.2) is 0 Å². The zero-order chi connectivity index (χ0) is 13.1. The van der Waals surface area contributed by atoms with E-state index in [1.807, 2.05) is 38.4 Å². The molecule has 0 bridgehead atoms. The van der Waals surface area contributed by atoms with Gasteiger partial charge in [-0.3, -0.25) is 4.98 Å². The summed E-state index contributed by atoms with van der Waals surface area (Å²) < 4.78 is 0. The number of nitrogens with one attached hydrogen (secondary N) is 1. The van der Waals surface area contributed by atoms with E-state index >= 15 is 0 Å². The molecule has 1 atom stereocenters. The number of halogens is 2. The molecular formula is C14H14Cl2N2. The van der Waals surface area contributed by atoms with E-state index < -0.39 is 0 Å². The maximum absolute atomic E-state index is 6.28. The van der Waals surface area contributed by atoms with Crippen molar-refractivity contribution in [2.75, 3.05) is 7.05 Å². The fourth-order valence-corrected chi connectivity index (χ4v) is 2.45. The van der Waals surface area contributed by atoms with Gasteiger partial charge in [0.25, 0.3) is 0 Å². The van der Waals surface area contributed by atoms with Gasteiger partial charge in [0.2, 0.25) is 0 Å². The second kappa shape index (κ2) is 5.70. The zero-order valence-corrected chi connectivity index (χ0v) is 11.8. The smallest absolute Gasteiger partial charge is 0.0643 e. The molecule has 0 fully saturated rings. The molecular weight excluding hydrogens is 267 g/mol. The topological polar surface area (TPSA) is 24.9 Å². The lowest BCUT2D eigenvalue weighted by Crippen LogP contribution is -2.19. The molecule has 1 aromatic carbocycles. The number of nitrogens with zero attached hydrogens (tertiary/aromatic N) is 1. The average molecular weight is 281 g/mol. The van der Waals surface area contributed by atoms with E-state index in [2.05, 4.69) is 10.3 Å². The minimum Gasteiger partial charge on any atom is -0.309 e. The molecule has 1 N–H and O–H groups in total. The first-order chi connectivity index (χ1) is 8.65. The normalized spacial score (nSPS) is 12.4. The maximum atomic E-state index is 6.28. The Morgan fingerprint density at radius 2 is 1.94 bits per heavy atom. The van der Waals surface area contributed by atoms with Gasteiger partial charge in [0, 0.05) is 12.4 Å². The van der Waals surface area contributed by atoms with E-state index in [0.717, 1.165) is 16.7 Å². The number of pyridine rings is 1. The highest BCUT2D eigenvalue weighted by Crippen LogP contribution is 2.33. The van der Waals surface area contributed by atoms with E-state index in [-0.39, 0.29) is 6.04 Å². The maximum Gasteiger partial charge on any atom is 0.0643 e. The van der Waals surface area contributed by atoms with E-state index in [1.54, 1.807) is 12.3 Å². The zero-order valence-electron chi connectivity index (χ0n) is 10.2. The predicted molar refractivity (Wildman–Crippen MR) is 76.3 cm³/mol. The van der Waals surface area contributed by atoms with Gasteiger partial charge in [0.15, 0.2) is 0 Å². The van der Waals surface area contributed by atoms with Crippen LogP contribution in [0.2, 0.25) is 10.0 Å². The van der Waals surface area contributed by atoms with Crippen molar-refractivity contribution >= 4 is 23.2 Å². The van der Waals surface area contributed by atoms with Crippen molar-refractivity contribution < 1.29 is 0 Å². The molecule has 18 heavy (non-hydrogen) atoms. The van der Waals surface area contributed by atoms with Crippen LogP contribution in [-0.2, 0) is 0 Å². The third-order valence-electron chi connectivity index (χ3n) is 2.96. The Labute approximate surface area is 117 Å². The summed E-state index contributed by atoms with van der Waals surface area (Å²) in [5.41, 5.74) is 3.24. The van der Waals surface area contributed by atoms with Crippen molar-refractivity contribution in [3.63, 3.8) is 0 Å². The molecule has 0 aliphatic rings. The first kappa shape index (κ1) is 13.3. The van der Waals surface area contributed by atoms with Crippen molar-refractivity contribution in [1.29, 1.82) is 0 Å². The first-order valence-electron chi connectivity index (χ1n) is 5.67. The molecule has 2 rings (SSSR count). The van der Waals surface area contributed by atoms with E-state index in [4.69, 9.17) is 23.2 Å². The summed E-state index contributed by atoms with van der Waals surface area (Å²) >= 11 is 12.4. The minimum absolute atomic E-state index is 0.0131. The Hall–Kier alpha value is -1.09. The van der Waals surface area contributed by atoms with Crippen LogP contribution in [0.3, 0.4) is 0 Å². The molecule has 4 heteroatoms. The molecule has 0 amide bonds. The van der Waals surface area contributed by atoms with Crippen molar-refractivity contribution in [3.05, 3.63) is 63.4 Å². The fraction of sp³-hybridized carbons (Fsp3) is 0.214. The van der Waals surface area contributed by atoms with Gasteiger partial charge < -0.3 is 5.32 Å². The highest BCUT2D eigenvalue weighted by molar-refractivity contribution is 6.42. The first-order valence-corrected chi connectivity index (χ1v) is 6.42. The minimum atomic E-state index is 0.0131. The van der Waals surface area contributed by atoms with Crippen LogP contribution in [-0.4, -0.2) is 12.0 Å². The summed E-state index contributed by atoms with van der Waals surface area (Å²) in [7, 11) is 1.90. The lowest BCUT2D eigenvalue weighted by atomic mass is 9.96. The van der Waals surface area contributed by atoms with Crippen LogP contribution in [0, 0.1) is 6.92 Å². The van der Waals surface area contributed by atoms with Crippen molar-refractivity contribution in [3.8, 4) is 0 Å². The molecule has 2 aromatic rings. The molecule has 1 unspecified atom stereocenters. The van der Waals surface area contributed by atoms with Gasteiger partial charge in [0.1, 0.15) is 0 Å². The molecule has 0 aliphatic heterocycles. The van der Waals surface area contributed by atoms with E-state index in [9.17, 15) is 0 Å². The molecule has 1 heterocycles. The monoisotopic (exact) mass is 280 g/mol. The fourth-order valence-electron chi connectivity index (χ4n) is 2.03. The molecule has 2 nitrogen and oxygen atoms in total. The third kappa shape index (κ3) is 2.51. The highest BCUT2D eigenvalue weighted by Gasteiger charge is 2.18. The van der Waals surface area contributed by atoms with Crippen LogP contribution in [0.1, 0.15) is 22.7 Å². The standard InChI is InChI=1S/C14H14Cl2N2/c1-9-8-18-7-6-10(9)14(17-2)11-4-3-5-12(15)13(11)16/h3-8,14,17H,1-2H3. The third-order valence-corrected chi connectivity index (χ3v) is 3.79. The van der Waals surface area contributed by atoms with Gasteiger partial charge in [-0.1, -0.05) is 35.3 Å². The van der Waals surface area contributed by atoms with Crippen LogP contribution in [0.25, 0.3) is 0 Å². The van der Waals surface area contributed by atoms with Gasteiger partial charge >= 0.3 is 0 Å². The summed E-state index contributed by atoms with van der Waals surface area (Å²) in [5.74, 6) is 0. The number of benzene rings is 1. The van der Waals surface area contributed by atoms with Crippen molar-refractivity contribution in [2.45, 2.75) is 13.0 Å². The van der Waals surface area contributed by atoms with Crippen LogP contribution in [0.5, 0.6) is 0 Å². The summed E-state index contributed by atoms with van der Waals surface area (Å²) in [4.78, 5) is 4.11. The number of rotatable bonds is 3. The largest absolute Gasteiger partial charge is 0.309 e. The number of hydrogen-bond acceptors (Lipinski definition) is 2. The van der Waals surface area contributed by atoms with Crippen LogP contribution < -0.4 is 5.32 Å². The molecule has 94 valence electrons. The number of aromatic nitrogens is 1.